The van der Waals surface area contributed by atoms with Gasteiger partial charge in [-0.05, 0) is 41.7 Å². The zero-order valence-electron chi connectivity index (χ0n) is 12.4. The van der Waals surface area contributed by atoms with Crippen LogP contribution >= 0.6 is 0 Å². The van der Waals surface area contributed by atoms with E-state index < -0.39 is 0 Å². The number of rotatable bonds is 5. The Morgan fingerprint density at radius 3 is 2.19 bits per heavy atom. The Morgan fingerprint density at radius 1 is 0.952 bits per heavy atom. The number of benzene rings is 2. The highest BCUT2D eigenvalue weighted by Crippen LogP contribution is 2.08. The van der Waals surface area contributed by atoms with Crippen LogP contribution in [0.2, 0.25) is 0 Å². The van der Waals surface area contributed by atoms with Crippen molar-refractivity contribution in [1.82, 2.24) is 0 Å². The van der Waals surface area contributed by atoms with Gasteiger partial charge in [0.1, 0.15) is 5.82 Å². The van der Waals surface area contributed by atoms with Crippen molar-refractivity contribution >= 4 is 12.4 Å². The summed E-state index contributed by atoms with van der Waals surface area (Å²) in [6.07, 6.45) is 5.47. The van der Waals surface area contributed by atoms with Crippen LogP contribution in [0, 0.1) is 12.7 Å². The highest BCUT2D eigenvalue weighted by molar-refractivity contribution is 5.82. The van der Waals surface area contributed by atoms with Gasteiger partial charge in [-0.3, -0.25) is 0 Å². The first kappa shape index (κ1) is 15.1. The number of hydrogen-bond acceptors (Lipinski definition) is 2. The minimum Gasteiger partial charge on any atom is -0.207 e. The molecule has 0 spiro atoms. The summed E-state index contributed by atoms with van der Waals surface area (Å²) in [4.78, 5) is 0. The summed E-state index contributed by atoms with van der Waals surface area (Å²) >= 11 is 0. The van der Waals surface area contributed by atoms with Crippen LogP contribution in [-0.2, 0) is 6.42 Å². The van der Waals surface area contributed by atoms with Gasteiger partial charge in [-0.25, -0.2) is 4.39 Å². The first-order valence-corrected chi connectivity index (χ1v) is 7.10. The first-order chi connectivity index (χ1) is 10.2. The molecule has 0 unspecified atom stereocenters. The van der Waals surface area contributed by atoms with Crippen LogP contribution in [0.15, 0.2) is 52.7 Å². The molecule has 0 aliphatic heterocycles. The standard InChI is InChI=1S/C18H19FN2/c1-3-4-15-7-9-16(10-8-15)12-20-21-13-17-6-5-14(2)18(19)11-17/h5-13H,3-4H2,1-2H3/b20-12+,21-13+. The lowest BCUT2D eigenvalue weighted by molar-refractivity contribution is 0.618. The maximum Gasteiger partial charge on any atom is 0.126 e. The molecule has 2 rings (SSSR count). The van der Waals surface area contributed by atoms with Gasteiger partial charge in [0.2, 0.25) is 0 Å². The minimum atomic E-state index is -0.227. The molecule has 0 aliphatic carbocycles. The maximum absolute atomic E-state index is 13.4. The Kier molecular flexibility index (Phi) is 5.38. The maximum atomic E-state index is 13.4. The first-order valence-electron chi connectivity index (χ1n) is 7.10. The van der Waals surface area contributed by atoms with Crippen LogP contribution in [0.3, 0.4) is 0 Å². The van der Waals surface area contributed by atoms with Crippen LogP contribution in [0.1, 0.15) is 35.6 Å². The molecule has 0 aromatic heterocycles. The third-order valence-corrected chi connectivity index (χ3v) is 3.19. The van der Waals surface area contributed by atoms with Crippen molar-refractivity contribution in [1.29, 1.82) is 0 Å². The van der Waals surface area contributed by atoms with Gasteiger partial charge >= 0.3 is 0 Å². The lowest BCUT2D eigenvalue weighted by atomic mass is 10.1. The molecule has 0 saturated heterocycles. The van der Waals surface area contributed by atoms with Gasteiger partial charge in [0, 0.05) is 0 Å². The Hall–Kier alpha value is -2.29. The molecule has 0 fully saturated rings. The van der Waals surface area contributed by atoms with Crippen molar-refractivity contribution in [3.63, 3.8) is 0 Å². The lowest BCUT2D eigenvalue weighted by Gasteiger charge is -1.98. The predicted octanol–water partition coefficient (Wildman–Crippen LogP) is 4.54. The van der Waals surface area contributed by atoms with E-state index in [1.807, 2.05) is 18.2 Å². The van der Waals surface area contributed by atoms with Gasteiger partial charge in [-0.15, -0.1) is 0 Å². The van der Waals surface area contributed by atoms with Gasteiger partial charge in [0.15, 0.2) is 0 Å². The number of hydrogen-bond donors (Lipinski definition) is 0. The van der Waals surface area contributed by atoms with E-state index in [1.54, 1.807) is 25.4 Å². The minimum absolute atomic E-state index is 0.227. The van der Waals surface area contributed by atoms with Gasteiger partial charge in [-0.1, -0.05) is 49.7 Å². The Labute approximate surface area is 125 Å². The van der Waals surface area contributed by atoms with E-state index in [-0.39, 0.29) is 5.82 Å². The molecule has 108 valence electrons. The molecule has 2 aromatic rings. The highest BCUT2D eigenvalue weighted by atomic mass is 19.1. The molecule has 0 bridgehead atoms. The number of halogens is 1. The van der Waals surface area contributed by atoms with E-state index in [1.165, 1.54) is 11.6 Å². The lowest BCUT2D eigenvalue weighted by Crippen LogP contribution is -1.87. The summed E-state index contributed by atoms with van der Waals surface area (Å²) in [6, 6.07) is 13.2. The molecule has 3 heteroatoms. The van der Waals surface area contributed by atoms with Crippen molar-refractivity contribution in [2.75, 3.05) is 0 Å². The largest absolute Gasteiger partial charge is 0.207 e. The second-order valence-corrected chi connectivity index (χ2v) is 4.99. The second-order valence-electron chi connectivity index (χ2n) is 4.99. The fourth-order valence-corrected chi connectivity index (χ4v) is 1.95. The van der Waals surface area contributed by atoms with E-state index in [0.717, 1.165) is 18.4 Å². The summed E-state index contributed by atoms with van der Waals surface area (Å²) in [6.45, 7) is 3.90. The number of nitrogens with zero attached hydrogens (tertiary/aromatic N) is 2. The third-order valence-electron chi connectivity index (χ3n) is 3.19. The zero-order chi connectivity index (χ0) is 15.1. The molecule has 2 nitrogen and oxygen atoms in total. The van der Waals surface area contributed by atoms with Crippen LogP contribution < -0.4 is 0 Å². The molecular weight excluding hydrogens is 263 g/mol. The Balaban J connectivity index is 1.97. The van der Waals surface area contributed by atoms with Crippen molar-refractivity contribution in [2.45, 2.75) is 26.7 Å². The third kappa shape index (κ3) is 4.63. The predicted molar refractivity (Wildman–Crippen MR) is 86.8 cm³/mol. The second kappa shape index (κ2) is 7.48. The summed E-state index contributed by atoms with van der Waals surface area (Å²) in [5, 5.41) is 7.93. The molecule has 0 amide bonds. The summed E-state index contributed by atoms with van der Waals surface area (Å²) < 4.78 is 13.4. The molecule has 0 N–H and O–H groups in total. The fourth-order valence-electron chi connectivity index (χ4n) is 1.95. The van der Waals surface area contributed by atoms with E-state index >= 15 is 0 Å². The smallest absolute Gasteiger partial charge is 0.126 e. The SMILES string of the molecule is CCCc1ccc(/C=N/N=C/c2ccc(C)c(F)c2)cc1. The van der Waals surface area contributed by atoms with E-state index in [0.29, 0.717) is 11.1 Å². The Morgan fingerprint density at radius 2 is 1.57 bits per heavy atom. The van der Waals surface area contributed by atoms with Crippen LogP contribution in [0.5, 0.6) is 0 Å². The van der Waals surface area contributed by atoms with E-state index in [2.05, 4.69) is 29.3 Å². The number of aryl methyl sites for hydroxylation is 2. The normalized spacial score (nSPS) is 11.6. The quantitative estimate of drug-likeness (QED) is 0.568. The average Bonchev–Trinajstić information content (AvgIpc) is 2.49. The van der Waals surface area contributed by atoms with Crippen LogP contribution in [0.4, 0.5) is 4.39 Å². The van der Waals surface area contributed by atoms with Crippen LogP contribution in [0.25, 0.3) is 0 Å². The molecular formula is C18H19FN2. The molecule has 0 saturated carbocycles. The zero-order valence-corrected chi connectivity index (χ0v) is 12.4. The Bertz CT molecular complexity index is 643. The van der Waals surface area contributed by atoms with E-state index in [4.69, 9.17) is 0 Å². The monoisotopic (exact) mass is 282 g/mol. The molecule has 0 atom stereocenters. The topological polar surface area (TPSA) is 24.7 Å². The van der Waals surface area contributed by atoms with E-state index in [9.17, 15) is 4.39 Å². The molecule has 2 aromatic carbocycles. The molecule has 0 heterocycles. The van der Waals surface area contributed by atoms with Crippen molar-refractivity contribution in [2.24, 2.45) is 10.2 Å². The van der Waals surface area contributed by atoms with Gasteiger partial charge in [0.25, 0.3) is 0 Å². The summed E-state index contributed by atoms with van der Waals surface area (Å²) in [5.74, 6) is -0.227. The fraction of sp³-hybridized carbons (Fsp3) is 0.222. The van der Waals surface area contributed by atoms with Crippen molar-refractivity contribution < 1.29 is 4.39 Å². The van der Waals surface area contributed by atoms with Crippen molar-refractivity contribution in [3.05, 3.63) is 70.5 Å². The van der Waals surface area contributed by atoms with Gasteiger partial charge < -0.3 is 0 Å². The van der Waals surface area contributed by atoms with Crippen LogP contribution in [-0.4, -0.2) is 12.4 Å². The molecule has 0 aliphatic rings. The summed E-state index contributed by atoms with van der Waals surface area (Å²) in [7, 11) is 0. The van der Waals surface area contributed by atoms with Gasteiger partial charge in [-0.2, -0.15) is 10.2 Å². The molecule has 21 heavy (non-hydrogen) atoms. The molecule has 0 radical (unpaired) electrons. The van der Waals surface area contributed by atoms with Crippen molar-refractivity contribution in [3.8, 4) is 0 Å². The summed E-state index contributed by atoms with van der Waals surface area (Å²) in [5.41, 5.74) is 3.66. The highest BCUT2D eigenvalue weighted by Gasteiger charge is 1.96. The van der Waals surface area contributed by atoms with Gasteiger partial charge in [0.05, 0.1) is 12.4 Å². The average molecular weight is 282 g/mol.